The summed E-state index contributed by atoms with van der Waals surface area (Å²) in [6.45, 7) is 5.86. The molecule has 0 amide bonds. The lowest BCUT2D eigenvalue weighted by molar-refractivity contribution is 0.236. The SMILES string of the molecule is Cc1cc(N)c2cc(C3=NC(c4ccc5nc(C)cc(N)c5c4)N(NN)C(c4ccc5nc(C)cc(N(C)C)c5c4)=N3)ccc2n1. The lowest BCUT2D eigenvalue weighted by Gasteiger charge is -2.34. The van der Waals surface area contributed by atoms with Crippen molar-refractivity contribution >= 4 is 61.4 Å². The fourth-order valence-corrected chi connectivity index (χ4v) is 6.11. The molecule has 11 heteroatoms. The molecule has 0 saturated heterocycles. The number of nitrogens with one attached hydrogen (secondary N) is 1. The molecule has 46 heavy (non-hydrogen) atoms. The Balaban J connectivity index is 1.45. The highest BCUT2D eigenvalue weighted by Gasteiger charge is 2.30. The quantitative estimate of drug-likeness (QED) is 0.154. The molecule has 11 nitrogen and oxygen atoms in total. The second-order valence-corrected chi connectivity index (χ2v) is 11.9. The van der Waals surface area contributed by atoms with E-state index in [1.807, 2.05) is 95.5 Å². The number of nitrogens with two attached hydrogens (primary N) is 3. The number of aryl methyl sites for hydroxylation is 3. The monoisotopic (exact) mass is 609 g/mol. The molecule has 0 spiro atoms. The van der Waals surface area contributed by atoms with Crippen LogP contribution < -0.4 is 27.7 Å². The normalized spacial score (nSPS) is 15.0. The Bertz CT molecular complexity index is 2250. The second kappa shape index (κ2) is 11.1. The highest BCUT2D eigenvalue weighted by Crippen LogP contribution is 2.34. The van der Waals surface area contributed by atoms with E-state index in [-0.39, 0.29) is 0 Å². The number of benzene rings is 3. The predicted molar refractivity (Wildman–Crippen MR) is 188 cm³/mol. The van der Waals surface area contributed by atoms with Crippen LogP contribution in [0.15, 0.2) is 82.8 Å². The molecule has 0 fully saturated rings. The smallest absolute Gasteiger partial charge is 0.166 e. The molecule has 3 aromatic carbocycles. The zero-order chi connectivity index (χ0) is 32.3. The third-order valence-electron chi connectivity index (χ3n) is 8.24. The number of hydrazine groups is 2. The van der Waals surface area contributed by atoms with Crippen LogP contribution in [0.25, 0.3) is 32.7 Å². The predicted octanol–water partition coefficient (Wildman–Crippen LogP) is 5.07. The number of amidine groups is 2. The Kier molecular flexibility index (Phi) is 6.99. The largest absolute Gasteiger partial charge is 0.398 e. The first-order valence-corrected chi connectivity index (χ1v) is 14.9. The first kappa shape index (κ1) is 29.1. The summed E-state index contributed by atoms with van der Waals surface area (Å²) in [5.41, 5.74) is 25.8. The van der Waals surface area contributed by atoms with E-state index in [4.69, 9.17) is 32.3 Å². The van der Waals surface area contributed by atoms with Gasteiger partial charge in [0.05, 0.1) is 16.6 Å². The van der Waals surface area contributed by atoms with Crippen LogP contribution >= 0.6 is 0 Å². The first-order chi connectivity index (χ1) is 22.1. The number of aromatic nitrogens is 3. The molecule has 0 bridgehead atoms. The van der Waals surface area contributed by atoms with Crippen molar-refractivity contribution in [1.82, 2.24) is 25.5 Å². The van der Waals surface area contributed by atoms with Crippen molar-refractivity contribution in [2.24, 2.45) is 15.8 Å². The van der Waals surface area contributed by atoms with Gasteiger partial charge in [0, 0.05) is 75.5 Å². The third kappa shape index (κ3) is 5.01. The minimum absolute atomic E-state index is 0.526. The van der Waals surface area contributed by atoms with Gasteiger partial charge in [0.1, 0.15) is 0 Å². The fraction of sp³-hybridized carbons (Fsp3) is 0.171. The molecule has 7 N–H and O–H groups in total. The van der Waals surface area contributed by atoms with Crippen molar-refractivity contribution < 1.29 is 0 Å². The van der Waals surface area contributed by atoms with Crippen LogP contribution in [0.5, 0.6) is 0 Å². The summed E-state index contributed by atoms with van der Waals surface area (Å²) in [7, 11) is 4.05. The van der Waals surface area contributed by atoms with E-state index in [1.54, 1.807) is 5.01 Å². The maximum absolute atomic E-state index is 6.46. The molecular weight excluding hydrogens is 574 g/mol. The topological polar surface area (TPSA) is 160 Å². The van der Waals surface area contributed by atoms with Crippen molar-refractivity contribution in [1.29, 1.82) is 0 Å². The summed E-state index contributed by atoms with van der Waals surface area (Å²) >= 11 is 0. The average Bonchev–Trinajstić information content (AvgIpc) is 3.03. The van der Waals surface area contributed by atoms with Gasteiger partial charge in [-0.25, -0.2) is 15.0 Å². The van der Waals surface area contributed by atoms with E-state index in [0.717, 1.165) is 72.2 Å². The maximum Gasteiger partial charge on any atom is 0.166 e. The number of nitrogens with zero attached hydrogens (tertiary/aromatic N) is 7. The summed E-state index contributed by atoms with van der Waals surface area (Å²) in [6.07, 6.45) is -0.595. The minimum atomic E-state index is -0.595. The molecule has 1 aliphatic heterocycles. The van der Waals surface area contributed by atoms with Crippen LogP contribution in [-0.4, -0.2) is 45.7 Å². The Morgan fingerprint density at radius 3 is 1.85 bits per heavy atom. The summed E-state index contributed by atoms with van der Waals surface area (Å²) in [4.78, 5) is 26.4. The van der Waals surface area contributed by atoms with E-state index >= 15 is 0 Å². The van der Waals surface area contributed by atoms with E-state index in [1.165, 1.54) is 0 Å². The van der Waals surface area contributed by atoms with E-state index in [9.17, 15) is 0 Å². The molecular formula is C35H35N11. The zero-order valence-electron chi connectivity index (χ0n) is 26.4. The van der Waals surface area contributed by atoms with Crippen molar-refractivity contribution in [3.8, 4) is 0 Å². The average molecular weight is 610 g/mol. The van der Waals surface area contributed by atoms with Crippen LogP contribution in [0.2, 0.25) is 0 Å². The lowest BCUT2D eigenvalue weighted by atomic mass is 10.0. The van der Waals surface area contributed by atoms with Crippen molar-refractivity contribution in [2.45, 2.75) is 26.9 Å². The van der Waals surface area contributed by atoms with Crippen LogP contribution in [0.3, 0.4) is 0 Å². The van der Waals surface area contributed by atoms with Crippen LogP contribution in [-0.2, 0) is 0 Å². The van der Waals surface area contributed by atoms with Crippen molar-refractivity contribution in [3.63, 3.8) is 0 Å². The van der Waals surface area contributed by atoms with Gasteiger partial charge in [-0.1, -0.05) is 6.07 Å². The Hall–Kier alpha value is -5.65. The van der Waals surface area contributed by atoms with Gasteiger partial charge in [-0.2, -0.15) is 5.53 Å². The van der Waals surface area contributed by atoms with Gasteiger partial charge in [-0.05, 0) is 93.1 Å². The minimum Gasteiger partial charge on any atom is -0.398 e. The van der Waals surface area contributed by atoms with Crippen LogP contribution in [0.1, 0.15) is 39.9 Å². The molecule has 1 unspecified atom stereocenters. The van der Waals surface area contributed by atoms with Gasteiger partial charge in [0.25, 0.3) is 0 Å². The van der Waals surface area contributed by atoms with Crippen LogP contribution in [0, 0.1) is 20.8 Å². The number of pyridine rings is 3. The summed E-state index contributed by atoms with van der Waals surface area (Å²) in [5.74, 6) is 7.39. The molecule has 4 heterocycles. The van der Waals surface area contributed by atoms with E-state index < -0.39 is 6.17 Å². The number of fused-ring (bicyclic) bond motifs is 3. The molecule has 1 aliphatic rings. The number of hydrogen-bond acceptors (Lipinski definition) is 11. The molecule has 6 aromatic rings. The number of hydrogen-bond donors (Lipinski definition) is 4. The highest BCUT2D eigenvalue weighted by atomic mass is 15.7. The highest BCUT2D eigenvalue weighted by molar-refractivity contribution is 6.15. The van der Waals surface area contributed by atoms with Crippen molar-refractivity contribution in [2.75, 3.05) is 30.5 Å². The number of aliphatic imine (C=N–C) groups is 2. The number of nitrogen functional groups attached to an aromatic ring is 2. The molecule has 0 saturated carbocycles. The van der Waals surface area contributed by atoms with Gasteiger partial charge >= 0.3 is 0 Å². The van der Waals surface area contributed by atoms with Gasteiger partial charge < -0.3 is 16.4 Å². The molecule has 230 valence electrons. The van der Waals surface area contributed by atoms with Crippen molar-refractivity contribution in [3.05, 3.63) is 107 Å². The third-order valence-corrected chi connectivity index (χ3v) is 8.24. The molecule has 7 rings (SSSR count). The Morgan fingerprint density at radius 2 is 1.22 bits per heavy atom. The van der Waals surface area contributed by atoms with Gasteiger partial charge in [-0.3, -0.25) is 20.8 Å². The van der Waals surface area contributed by atoms with Gasteiger partial charge in [0.15, 0.2) is 17.8 Å². The van der Waals surface area contributed by atoms with E-state index in [2.05, 4.69) is 32.5 Å². The Labute approximate surface area is 266 Å². The zero-order valence-corrected chi connectivity index (χ0v) is 26.4. The van der Waals surface area contributed by atoms with Gasteiger partial charge in [-0.15, -0.1) is 0 Å². The molecule has 3 aromatic heterocycles. The standard InChI is InChI=1S/C35H35N11/c1-18-12-27(36)24-15-21(6-9-29(24)39-18)33-42-34(22-7-10-30-25(16-22)28(37)13-19(2)40-30)46(44-38)35(43-33)23-8-11-31-26(17-23)32(45(4)5)14-20(3)41-31/h6-17,34,44H,38H2,1-5H3,(H2,36,39)(H2,37,40). The fourth-order valence-electron chi connectivity index (χ4n) is 6.11. The number of anilines is 3. The summed E-state index contributed by atoms with van der Waals surface area (Å²) in [5, 5.41) is 4.43. The van der Waals surface area contributed by atoms with E-state index in [0.29, 0.717) is 23.0 Å². The molecule has 0 aliphatic carbocycles. The number of rotatable bonds is 5. The maximum atomic E-state index is 6.46. The summed E-state index contributed by atoms with van der Waals surface area (Å²) < 4.78 is 0. The molecule has 0 radical (unpaired) electrons. The van der Waals surface area contributed by atoms with Gasteiger partial charge in [0.2, 0.25) is 0 Å². The van der Waals surface area contributed by atoms with Crippen LogP contribution in [0.4, 0.5) is 17.1 Å². The Morgan fingerprint density at radius 1 is 0.674 bits per heavy atom. The second-order valence-electron chi connectivity index (χ2n) is 11.9. The molecule has 1 atom stereocenters. The first-order valence-electron chi connectivity index (χ1n) is 14.9. The lowest BCUT2D eigenvalue weighted by Crippen LogP contribution is -2.50. The summed E-state index contributed by atoms with van der Waals surface area (Å²) in [6, 6.07) is 23.8.